The molecule has 0 saturated heterocycles. The Labute approximate surface area is 84.3 Å². The summed E-state index contributed by atoms with van der Waals surface area (Å²) in [6.45, 7) is 0.874. The molecule has 2 N–H and O–H groups in total. The first-order valence-electron chi connectivity index (χ1n) is 4.24. The van der Waals surface area contributed by atoms with Gasteiger partial charge in [-0.2, -0.15) is 0 Å². The first-order valence-corrected chi connectivity index (χ1v) is 4.65. The predicted octanol–water partition coefficient (Wildman–Crippen LogP) is 1.80. The largest absolute Gasteiger partial charge is 0.393 e. The van der Waals surface area contributed by atoms with Crippen LogP contribution in [0.1, 0.15) is 6.42 Å². The Balaban J connectivity index is 2.49. The van der Waals surface area contributed by atoms with E-state index in [2.05, 4.69) is 17.0 Å². The van der Waals surface area contributed by atoms with E-state index in [1.807, 2.05) is 25.2 Å². The first-order chi connectivity index (χ1) is 6.20. The standard InChI is InChI=1S/C10H14N2S/c1-12(8-7-10(11)13)9-5-3-2-4-6-9/h2-6H,7-8H2,1H3,(H2,11,13). The molecule has 0 saturated carbocycles. The molecule has 0 spiro atoms. The Morgan fingerprint density at radius 1 is 1.38 bits per heavy atom. The molecule has 0 unspecified atom stereocenters. The summed E-state index contributed by atoms with van der Waals surface area (Å²) in [5.41, 5.74) is 6.62. The molecule has 0 heterocycles. The van der Waals surface area contributed by atoms with Crippen LogP contribution in [0.3, 0.4) is 0 Å². The van der Waals surface area contributed by atoms with Gasteiger partial charge in [-0.05, 0) is 12.1 Å². The molecule has 0 fully saturated rings. The van der Waals surface area contributed by atoms with Gasteiger partial charge in [-0.25, -0.2) is 0 Å². The highest BCUT2D eigenvalue weighted by molar-refractivity contribution is 7.80. The molecule has 1 aromatic carbocycles. The van der Waals surface area contributed by atoms with Crippen molar-refractivity contribution in [2.24, 2.45) is 5.73 Å². The Kier molecular flexibility index (Phi) is 3.71. The number of rotatable bonds is 4. The zero-order valence-corrected chi connectivity index (χ0v) is 8.55. The average molecular weight is 194 g/mol. The van der Waals surface area contributed by atoms with Crippen molar-refractivity contribution in [2.75, 3.05) is 18.5 Å². The van der Waals surface area contributed by atoms with E-state index in [1.165, 1.54) is 5.69 Å². The molecule has 0 aliphatic rings. The second-order valence-corrected chi connectivity index (χ2v) is 3.50. The Morgan fingerprint density at radius 2 is 2.00 bits per heavy atom. The van der Waals surface area contributed by atoms with Gasteiger partial charge in [0, 0.05) is 25.7 Å². The van der Waals surface area contributed by atoms with Crippen molar-refractivity contribution < 1.29 is 0 Å². The zero-order chi connectivity index (χ0) is 9.68. The quantitative estimate of drug-likeness (QED) is 0.741. The Hall–Kier alpha value is -1.09. The van der Waals surface area contributed by atoms with Gasteiger partial charge in [0.1, 0.15) is 0 Å². The SMILES string of the molecule is CN(CCC(N)=S)c1ccccc1. The van der Waals surface area contributed by atoms with Crippen molar-refractivity contribution in [3.8, 4) is 0 Å². The molecule has 0 radical (unpaired) electrons. The van der Waals surface area contributed by atoms with Crippen molar-refractivity contribution in [1.82, 2.24) is 0 Å². The van der Waals surface area contributed by atoms with Crippen molar-refractivity contribution in [2.45, 2.75) is 6.42 Å². The third-order valence-electron chi connectivity index (χ3n) is 1.89. The highest BCUT2D eigenvalue weighted by Crippen LogP contribution is 2.10. The molecule has 0 bridgehead atoms. The van der Waals surface area contributed by atoms with Crippen LogP contribution in [0.5, 0.6) is 0 Å². The van der Waals surface area contributed by atoms with E-state index in [0.717, 1.165) is 13.0 Å². The lowest BCUT2D eigenvalue weighted by molar-refractivity contribution is 0.921. The van der Waals surface area contributed by atoms with Gasteiger partial charge in [0.2, 0.25) is 0 Å². The van der Waals surface area contributed by atoms with E-state index in [1.54, 1.807) is 0 Å². The Bertz CT molecular complexity index is 272. The lowest BCUT2D eigenvalue weighted by Gasteiger charge is -2.18. The van der Waals surface area contributed by atoms with Gasteiger partial charge in [0.15, 0.2) is 0 Å². The van der Waals surface area contributed by atoms with E-state index in [-0.39, 0.29) is 0 Å². The third-order valence-corrected chi connectivity index (χ3v) is 2.09. The van der Waals surface area contributed by atoms with Crippen LogP contribution in [0.2, 0.25) is 0 Å². The van der Waals surface area contributed by atoms with Crippen molar-refractivity contribution in [1.29, 1.82) is 0 Å². The highest BCUT2D eigenvalue weighted by atomic mass is 32.1. The maximum absolute atomic E-state index is 5.42. The number of para-hydroxylation sites is 1. The van der Waals surface area contributed by atoms with Gasteiger partial charge in [0.05, 0.1) is 4.99 Å². The summed E-state index contributed by atoms with van der Waals surface area (Å²) in [5, 5.41) is 0. The molecule has 0 aromatic heterocycles. The average Bonchev–Trinajstić information content (AvgIpc) is 2.15. The zero-order valence-electron chi connectivity index (χ0n) is 7.73. The molecule has 70 valence electrons. The summed E-state index contributed by atoms with van der Waals surface area (Å²) < 4.78 is 0. The fourth-order valence-electron chi connectivity index (χ4n) is 1.09. The molecule has 0 amide bonds. The summed E-state index contributed by atoms with van der Waals surface area (Å²) in [5.74, 6) is 0. The van der Waals surface area contributed by atoms with Gasteiger partial charge in [-0.3, -0.25) is 0 Å². The van der Waals surface area contributed by atoms with Gasteiger partial charge < -0.3 is 10.6 Å². The third kappa shape index (κ3) is 3.42. The van der Waals surface area contributed by atoms with Crippen LogP contribution in [0, 0.1) is 0 Å². The number of thiocarbonyl (C=S) groups is 1. The van der Waals surface area contributed by atoms with Crippen molar-refractivity contribution >= 4 is 22.9 Å². The molecule has 1 rings (SSSR count). The van der Waals surface area contributed by atoms with Gasteiger partial charge >= 0.3 is 0 Å². The summed E-state index contributed by atoms with van der Waals surface area (Å²) in [6, 6.07) is 10.2. The number of anilines is 1. The van der Waals surface area contributed by atoms with Gasteiger partial charge in [-0.15, -0.1) is 0 Å². The molecule has 0 aliphatic carbocycles. The second kappa shape index (κ2) is 4.82. The van der Waals surface area contributed by atoms with Crippen molar-refractivity contribution in [3.05, 3.63) is 30.3 Å². The smallest absolute Gasteiger partial charge is 0.0745 e. The van der Waals surface area contributed by atoms with E-state index in [0.29, 0.717) is 4.99 Å². The fraction of sp³-hybridized carbons (Fsp3) is 0.300. The predicted molar refractivity (Wildman–Crippen MR) is 61.1 cm³/mol. The van der Waals surface area contributed by atoms with Crippen LogP contribution in [0.4, 0.5) is 5.69 Å². The van der Waals surface area contributed by atoms with E-state index < -0.39 is 0 Å². The maximum Gasteiger partial charge on any atom is 0.0745 e. The highest BCUT2D eigenvalue weighted by Gasteiger charge is 1.99. The van der Waals surface area contributed by atoms with E-state index in [9.17, 15) is 0 Å². The normalized spacial score (nSPS) is 9.62. The second-order valence-electron chi connectivity index (χ2n) is 2.97. The lowest BCUT2D eigenvalue weighted by atomic mass is 10.3. The minimum Gasteiger partial charge on any atom is -0.393 e. The molecule has 0 atom stereocenters. The minimum absolute atomic E-state index is 0.572. The topological polar surface area (TPSA) is 29.3 Å². The maximum atomic E-state index is 5.42. The lowest BCUT2D eigenvalue weighted by Crippen LogP contribution is -2.23. The molecule has 13 heavy (non-hydrogen) atoms. The summed E-state index contributed by atoms with van der Waals surface area (Å²) >= 11 is 4.81. The van der Waals surface area contributed by atoms with Crippen LogP contribution >= 0.6 is 12.2 Å². The molecule has 2 nitrogen and oxygen atoms in total. The van der Waals surface area contributed by atoms with Crippen LogP contribution < -0.4 is 10.6 Å². The summed E-state index contributed by atoms with van der Waals surface area (Å²) in [7, 11) is 2.04. The van der Waals surface area contributed by atoms with Crippen LogP contribution in [0.15, 0.2) is 30.3 Å². The van der Waals surface area contributed by atoms with Gasteiger partial charge in [-0.1, -0.05) is 30.4 Å². The molecule has 1 aromatic rings. The summed E-state index contributed by atoms with van der Waals surface area (Å²) in [4.78, 5) is 2.71. The van der Waals surface area contributed by atoms with Crippen LogP contribution in [-0.2, 0) is 0 Å². The number of hydrogen-bond donors (Lipinski definition) is 1. The van der Waals surface area contributed by atoms with E-state index in [4.69, 9.17) is 18.0 Å². The number of benzene rings is 1. The molecular formula is C10H14N2S. The first kappa shape index (κ1) is 9.99. The number of nitrogens with two attached hydrogens (primary N) is 1. The van der Waals surface area contributed by atoms with Crippen LogP contribution in [0.25, 0.3) is 0 Å². The van der Waals surface area contributed by atoms with Gasteiger partial charge in [0.25, 0.3) is 0 Å². The monoisotopic (exact) mass is 194 g/mol. The van der Waals surface area contributed by atoms with E-state index >= 15 is 0 Å². The molecule has 3 heteroatoms. The van der Waals surface area contributed by atoms with Crippen molar-refractivity contribution in [3.63, 3.8) is 0 Å². The summed E-state index contributed by atoms with van der Waals surface area (Å²) in [6.07, 6.45) is 0.765. The van der Waals surface area contributed by atoms with Crippen LogP contribution in [-0.4, -0.2) is 18.6 Å². The number of hydrogen-bond acceptors (Lipinski definition) is 2. The minimum atomic E-state index is 0.572. The Morgan fingerprint density at radius 3 is 2.54 bits per heavy atom. The fourth-order valence-corrected chi connectivity index (χ4v) is 1.18. The molecule has 0 aliphatic heterocycles. The number of nitrogens with zero attached hydrogens (tertiary/aromatic N) is 1. The molecular weight excluding hydrogens is 180 g/mol.